The number of rotatable bonds is 3. The first-order valence-corrected chi connectivity index (χ1v) is 4.50. The molecular formula is C8H11NO2S. The molecule has 66 valence electrons. The predicted molar refractivity (Wildman–Crippen MR) is 48.2 cm³/mol. The molecule has 0 amide bonds. The quantitative estimate of drug-likeness (QED) is 0.750. The topological polar surface area (TPSA) is 63.3 Å². The van der Waals surface area contributed by atoms with Gasteiger partial charge in [-0.1, -0.05) is 0 Å². The first kappa shape index (κ1) is 9.22. The van der Waals surface area contributed by atoms with Crippen molar-refractivity contribution in [2.75, 3.05) is 0 Å². The number of aliphatic carboxylic acids is 1. The van der Waals surface area contributed by atoms with Crippen LogP contribution < -0.4 is 5.73 Å². The fourth-order valence-electron chi connectivity index (χ4n) is 0.937. The van der Waals surface area contributed by atoms with Gasteiger partial charge < -0.3 is 10.8 Å². The van der Waals surface area contributed by atoms with Crippen molar-refractivity contribution in [2.45, 2.75) is 19.4 Å². The van der Waals surface area contributed by atoms with Crippen molar-refractivity contribution in [3.05, 3.63) is 21.9 Å². The molecule has 1 heterocycles. The molecule has 0 fully saturated rings. The number of hydrogen-bond donors (Lipinski definition) is 2. The van der Waals surface area contributed by atoms with Crippen LogP contribution in [0, 0.1) is 6.92 Å². The van der Waals surface area contributed by atoms with E-state index in [0.717, 1.165) is 10.4 Å². The van der Waals surface area contributed by atoms with Gasteiger partial charge in [0.2, 0.25) is 0 Å². The van der Waals surface area contributed by atoms with Gasteiger partial charge in [0.05, 0.1) is 6.42 Å². The molecule has 1 atom stereocenters. The van der Waals surface area contributed by atoms with Gasteiger partial charge in [0.1, 0.15) is 0 Å². The highest BCUT2D eigenvalue weighted by Gasteiger charge is 2.11. The van der Waals surface area contributed by atoms with Crippen molar-refractivity contribution < 1.29 is 9.90 Å². The number of carboxylic acids is 1. The fraction of sp³-hybridized carbons (Fsp3) is 0.375. The average molecular weight is 185 g/mol. The highest BCUT2D eigenvalue weighted by atomic mass is 32.1. The molecule has 0 saturated carbocycles. The molecule has 0 spiro atoms. The van der Waals surface area contributed by atoms with Crippen molar-refractivity contribution in [1.29, 1.82) is 0 Å². The van der Waals surface area contributed by atoms with E-state index in [1.54, 1.807) is 0 Å². The average Bonchev–Trinajstić information content (AvgIpc) is 2.34. The van der Waals surface area contributed by atoms with Crippen LogP contribution in [0.1, 0.15) is 22.9 Å². The lowest BCUT2D eigenvalue weighted by atomic mass is 10.2. The smallest absolute Gasteiger partial charge is 0.305 e. The van der Waals surface area contributed by atoms with Gasteiger partial charge in [-0.2, -0.15) is 0 Å². The van der Waals surface area contributed by atoms with Crippen molar-refractivity contribution in [3.8, 4) is 0 Å². The van der Waals surface area contributed by atoms with E-state index < -0.39 is 5.97 Å². The Hall–Kier alpha value is -0.870. The Labute approximate surface area is 74.8 Å². The van der Waals surface area contributed by atoms with E-state index in [1.807, 2.05) is 18.4 Å². The van der Waals surface area contributed by atoms with Crippen LogP contribution in [0.4, 0.5) is 0 Å². The molecule has 0 aliphatic heterocycles. The SMILES string of the molecule is Cc1csc([C@@H](N)CC(=O)O)c1. The molecule has 1 aromatic heterocycles. The van der Waals surface area contributed by atoms with Crippen LogP contribution in [-0.4, -0.2) is 11.1 Å². The molecule has 0 unspecified atom stereocenters. The Balaban J connectivity index is 2.64. The van der Waals surface area contributed by atoms with E-state index in [9.17, 15) is 4.79 Å². The normalized spacial score (nSPS) is 12.8. The Morgan fingerprint density at radius 2 is 2.50 bits per heavy atom. The zero-order valence-corrected chi connectivity index (χ0v) is 7.60. The van der Waals surface area contributed by atoms with Gasteiger partial charge in [-0.25, -0.2) is 0 Å². The van der Waals surface area contributed by atoms with Gasteiger partial charge in [-0.3, -0.25) is 4.79 Å². The van der Waals surface area contributed by atoms with Crippen LogP contribution in [-0.2, 0) is 4.79 Å². The summed E-state index contributed by atoms with van der Waals surface area (Å²) in [7, 11) is 0. The third-order valence-corrected chi connectivity index (χ3v) is 2.69. The molecular weight excluding hydrogens is 174 g/mol. The summed E-state index contributed by atoms with van der Waals surface area (Å²) in [5.74, 6) is -0.853. The maximum atomic E-state index is 10.3. The third-order valence-electron chi connectivity index (χ3n) is 1.51. The summed E-state index contributed by atoms with van der Waals surface area (Å²) in [4.78, 5) is 11.3. The van der Waals surface area contributed by atoms with Gasteiger partial charge >= 0.3 is 5.97 Å². The summed E-state index contributed by atoms with van der Waals surface area (Å²) in [5.41, 5.74) is 6.77. The number of aryl methyl sites for hydroxylation is 1. The summed E-state index contributed by atoms with van der Waals surface area (Å²) in [5, 5.41) is 10.4. The largest absolute Gasteiger partial charge is 0.481 e. The van der Waals surface area contributed by atoms with Crippen LogP contribution in [0.15, 0.2) is 11.4 Å². The van der Waals surface area contributed by atoms with Gasteiger partial charge in [-0.15, -0.1) is 11.3 Å². The Bertz CT molecular complexity index is 282. The Morgan fingerprint density at radius 1 is 1.83 bits per heavy atom. The Morgan fingerprint density at radius 3 is 2.92 bits per heavy atom. The minimum atomic E-state index is -0.853. The number of carboxylic acid groups (broad SMARTS) is 1. The lowest BCUT2D eigenvalue weighted by Gasteiger charge is -2.04. The molecule has 1 rings (SSSR count). The molecule has 0 aliphatic rings. The maximum Gasteiger partial charge on any atom is 0.305 e. The van der Waals surface area contributed by atoms with Crippen molar-refractivity contribution in [2.24, 2.45) is 5.73 Å². The summed E-state index contributed by atoms with van der Waals surface area (Å²) in [6.45, 7) is 1.97. The summed E-state index contributed by atoms with van der Waals surface area (Å²) in [6, 6.07) is 1.57. The second-order valence-electron chi connectivity index (χ2n) is 2.73. The number of hydrogen-bond acceptors (Lipinski definition) is 3. The van der Waals surface area contributed by atoms with E-state index in [0.29, 0.717) is 0 Å². The van der Waals surface area contributed by atoms with E-state index in [4.69, 9.17) is 10.8 Å². The Kier molecular flexibility index (Phi) is 2.83. The van der Waals surface area contributed by atoms with Gasteiger partial charge in [0.25, 0.3) is 0 Å². The van der Waals surface area contributed by atoms with Crippen LogP contribution in [0.2, 0.25) is 0 Å². The van der Waals surface area contributed by atoms with Gasteiger partial charge in [0, 0.05) is 10.9 Å². The van der Waals surface area contributed by atoms with Crippen LogP contribution in [0.5, 0.6) is 0 Å². The van der Waals surface area contributed by atoms with E-state index >= 15 is 0 Å². The molecule has 1 aromatic rings. The van der Waals surface area contributed by atoms with Crippen molar-refractivity contribution in [3.63, 3.8) is 0 Å². The van der Waals surface area contributed by atoms with E-state index in [2.05, 4.69) is 0 Å². The molecule has 0 aromatic carbocycles. The fourth-order valence-corrected chi connectivity index (χ4v) is 1.84. The van der Waals surface area contributed by atoms with Crippen LogP contribution in [0.3, 0.4) is 0 Å². The molecule has 12 heavy (non-hydrogen) atoms. The second kappa shape index (κ2) is 3.69. The van der Waals surface area contributed by atoms with Gasteiger partial charge in [-0.05, 0) is 23.9 Å². The number of nitrogens with two attached hydrogens (primary N) is 1. The highest BCUT2D eigenvalue weighted by molar-refractivity contribution is 7.10. The molecule has 0 bridgehead atoms. The van der Waals surface area contributed by atoms with Gasteiger partial charge in [0.15, 0.2) is 0 Å². The first-order valence-electron chi connectivity index (χ1n) is 3.62. The third kappa shape index (κ3) is 2.32. The van der Waals surface area contributed by atoms with E-state index in [1.165, 1.54) is 11.3 Å². The highest BCUT2D eigenvalue weighted by Crippen LogP contribution is 2.21. The zero-order chi connectivity index (χ0) is 9.14. The van der Waals surface area contributed by atoms with Crippen LogP contribution >= 0.6 is 11.3 Å². The minimum absolute atomic E-state index is 0.0000463. The molecule has 0 aliphatic carbocycles. The predicted octanol–water partition coefficient (Wildman–Crippen LogP) is 1.53. The standard InChI is InChI=1S/C8H11NO2S/c1-5-2-7(12-4-5)6(9)3-8(10)11/h2,4,6H,3,9H2,1H3,(H,10,11)/t6-/m0/s1. The molecule has 0 radical (unpaired) electrons. The second-order valence-corrected chi connectivity index (χ2v) is 3.67. The summed E-state index contributed by atoms with van der Waals surface area (Å²) >= 11 is 1.51. The number of carbonyl (C=O) groups is 1. The van der Waals surface area contributed by atoms with Crippen molar-refractivity contribution >= 4 is 17.3 Å². The maximum absolute atomic E-state index is 10.3. The molecule has 0 saturated heterocycles. The lowest BCUT2D eigenvalue weighted by molar-refractivity contribution is -0.137. The van der Waals surface area contributed by atoms with Crippen LogP contribution in [0.25, 0.3) is 0 Å². The number of thiophene rings is 1. The zero-order valence-electron chi connectivity index (χ0n) is 6.78. The minimum Gasteiger partial charge on any atom is -0.481 e. The first-order chi connectivity index (χ1) is 5.59. The summed E-state index contributed by atoms with van der Waals surface area (Å²) < 4.78 is 0. The molecule has 4 heteroatoms. The van der Waals surface area contributed by atoms with Crippen molar-refractivity contribution in [1.82, 2.24) is 0 Å². The monoisotopic (exact) mass is 185 g/mol. The van der Waals surface area contributed by atoms with E-state index in [-0.39, 0.29) is 12.5 Å². The molecule has 3 nitrogen and oxygen atoms in total. The summed E-state index contributed by atoms with van der Waals surface area (Å²) in [6.07, 6.45) is -0.0000463. The lowest BCUT2D eigenvalue weighted by Crippen LogP contribution is -2.13. The molecule has 3 N–H and O–H groups in total.